The van der Waals surface area contributed by atoms with Gasteiger partial charge in [0, 0.05) is 11.8 Å². The molecule has 0 aliphatic carbocycles. The number of aromatic nitrogens is 3. The maximum absolute atomic E-state index is 12.3. The van der Waals surface area contributed by atoms with Crippen molar-refractivity contribution in [2.75, 3.05) is 7.11 Å². The number of pyridine rings is 1. The van der Waals surface area contributed by atoms with Gasteiger partial charge in [-0.05, 0) is 48.5 Å². The predicted octanol–water partition coefficient (Wildman–Crippen LogP) is 3.80. The Labute approximate surface area is 165 Å². The minimum absolute atomic E-state index is 0.166. The van der Waals surface area contributed by atoms with Crippen molar-refractivity contribution in [1.82, 2.24) is 20.4 Å². The molecule has 0 aliphatic heterocycles. The first kappa shape index (κ1) is 17.9. The molecule has 0 atom stereocenters. The maximum atomic E-state index is 12.3. The highest BCUT2D eigenvalue weighted by atomic mass is 32.1. The van der Waals surface area contributed by atoms with Crippen LogP contribution in [-0.2, 0) is 6.54 Å². The summed E-state index contributed by atoms with van der Waals surface area (Å²) < 4.78 is 10.5. The maximum Gasteiger partial charge on any atom is 0.261 e. The van der Waals surface area contributed by atoms with Crippen LogP contribution < -0.4 is 10.1 Å². The number of methoxy groups -OCH3 is 1. The van der Waals surface area contributed by atoms with Crippen molar-refractivity contribution in [3.63, 3.8) is 0 Å². The fraction of sp³-hybridized carbons (Fsp3) is 0.100. The second-order valence-corrected chi connectivity index (χ2v) is 6.90. The minimum Gasteiger partial charge on any atom is -0.497 e. The molecular weight excluding hydrogens is 376 g/mol. The normalized spacial score (nSPS) is 10.6. The van der Waals surface area contributed by atoms with Gasteiger partial charge in [-0.25, -0.2) is 0 Å². The van der Waals surface area contributed by atoms with E-state index in [0.717, 1.165) is 21.9 Å². The highest BCUT2D eigenvalue weighted by molar-refractivity contribution is 7.17. The number of carbonyl (C=O) groups is 1. The van der Waals surface area contributed by atoms with Gasteiger partial charge in [0.2, 0.25) is 5.82 Å². The van der Waals surface area contributed by atoms with Crippen LogP contribution in [0.5, 0.6) is 5.75 Å². The van der Waals surface area contributed by atoms with Crippen LogP contribution in [0.15, 0.2) is 65.3 Å². The molecule has 1 aromatic carbocycles. The first-order valence-electron chi connectivity index (χ1n) is 8.49. The Balaban J connectivity index is 1.45. The van der Waals surface area contributed by atoms with E-state index in [4.69, 9.17) is 9.26 Å². The van der Waals surface area contributed by atoms with E-state index in [9.17, 15) is 4.79 Å². The van der Waals surface area contributed by atoms with Crippen LogP contribution in [0.4, 0.5) is 0 Å². The molecule has 0 spiro atoms. The van der Waals surface area contributed by atoms with Crippen molar-refractivity contribution in [3.8, 4) is 27.9 Å². The second-order valence-electron chi connectivity index (χ2n) is 5.82. The molecule has 4 rings (SSSR count). The van der Waals surface area contributed by atoms with Crippen LogP contribution in [0.3, 0.4) is 0 Å². The number of carbonyl (C=O) groups excluding carboxylic acids is 1. The molecule has 0 unspecified atom stereocenters. The third-order valence-corrected chi connectivity index (χ3v) is 5.05. The summed E-state index contributed by atoms with van der Waals surface area (Å²) in [7, 11) is 1.61. The summed E-state index contributed by atoms with van der Waals surface area (Å²) in [6.07, 6.45) is 1.70. The zero-order valence-corrected chi connectivity index (χ0v) is 15.8. The Hall–Kier alpha value is -3.52. The van der Waals surface area contributed by atoms with Crippen LogP contribution in [-0.4, -0.2) is 28.1 Å². The molecule has 0 fully saturated rings. The van der Waals surface area contributed by atoms with Gasteiger partial charge in [0.05, 0.1) is 29.1 Å². The first-order chi connectivity index (χ1) is 13.7. The van der Waals surface area contributed by atoms with Gasteiger partial charge in [0.25, 0.3) is 11.8 Å². The van der Waals surface area contributed by atoms with Crippen LogP contribution in [0.25, 0.3) is 22.2 Å². The Morgan fingerprint density at radius 3 is 2.75 bits per heavy atom. The van der Waals surface area contributed by atoms with E-state index in [-0.39, 0.29) is 5.91 Å². The van der Waals surface area contributed by atoms with Crippen LogP contribution >= 0.6 is 11.3 Å². The molecule has 140 valence electrons. The fourth-order valence-corrected chi connectivity index (χ4v) is 3.36. The van der Waals surface area contributed by atoms with Crippen molar-refractivity contribution in [2.24, 2.45) is 0 Å². The number of hydrogen-bond donors (Lipinski definition) is 1. The molecule has 0 saturated heterocycles. The molecule has 1 N–H and O–H groups in total. The first-order valence-corrected chi connectivity index (χ1v) is 9.31. The van der Waals surface area contributed by atoms with E-state index in [0.29, 0.717) is 23.1 Å². The molecule has 4 aromatic rings. The second kappa shape index (κ2) is 8.01. The molecule has 0 radical (unpaired) electrons. The molecule has 0 bridgehead atoms. The Morgan fingerprint density at radius 1 is 1.14 bits per heavy atom. The summed E-state index contributed by atoms with van der Waals surface area (Å²) >= 11 is 1.31. The molecular formula is C20H16N4O3S. The molecule has 3 aromatic heterocycles. The number of benzene rings is 1. The lowest BCUT2D eigenvalue weighted by Gasteiger charge is -2.02. The third kappa shape index (κ3) is 3.91. The Kier molecular flexibility index (Phi) is 5.11. The van der Waals surface area contributed by atoms with Gasteiger partial charge in [0.15, 0.2) is 0 Å². The summed E-state index contributed by atoms with van der Waals surface area (Å²) in [5.74, 6) is 1.44. The van der Waals surface area contributed by atoms with E-state index in [1.54, 1.807) is 19.4 Å². The SMILES string of the molecule is COc1ccc(-c2nc(-c3ccc(C(=O)NCc4ccccn4)s3)no2)cc1. The van der Waals surface area contributed by atoms with Gasteiger partial charge in [-0.2, -0.15) is 4.98 Å². The minimum atomic E-state index is -0.166. The quantitative estimate of drug-likeness (QED) is 0.537. The van der Waals surface area contributed by atoms with Crippen molar-refractivity contribution in [3.05, 3.63) is 71.4 Å². The topological polar surface area (TPSA) is 90.1 Å². The van der Waals surface area contributed by atoms with E-state index < -0.39 is 0 Å². The third-order valence-electron chi connectivity index (χ3n) is 3.97. The molecule has 7 nitrogen and oxygen atoms in total. The molecule has 0 aliphatic rings. The van der Waals surface area contributed by atoms with Gasteiger partial charge in [-0.1, -0.05) is 11.2 Å². The van der Waals surface area contributed by atoms with Crippen LogP contribution in [0.1, 0.15) is 15.4 Å². The van der Waals surface area contributed by atoms with Crippen molar-refractivity contribution in [2.45, 2.75) is 6.54 Å². The lowest BCUT2D eigenvalue weighted by molar-refractivity contribution is 0.0954. The summed E-state index contributed by atoms with van der Waals surface area (Å²) in [6, 6.07) is 16.5. The summed E-state index contributed by atoms with van der Waals surface area (Å²) in [5, 5.41) is 6.88. The summed E-state index contributed by atoms with van der Waals surface area (Å²) in [4.78, 5) is 22.3. The monoisotopic (exact) mass is 392 g/mol. The number of nitrogens with zero attached hydrogens (tertiary/aromatic N) is 3. The summed E-state index contributed by atoms with van der Waals surface area (Å²) in [6.45, 7) is 0.372. The van der Waals surface area contributed by atoms with E-state index in [1.807, 2.05) is 48.5 Å². The lowest BCUT2D eigenvalue weighted by Crippen LogP contribution is -2.22. The smallest absolute Gasteiger partial charge is 0.261 e. The van der Waals surface area contributed by atoms with Gasteiger partial charge in [-0.15, -0.1) is 11.3 Å². The lowest BCUT2D eigenvalue weighted by atomic mass is 10.2. The van der Waals surface area contributed by atoms with Crippen molar-refractivity contribution in [1.29, 1.82) is 0 Å². The van der Waals surface area contributed by atoms with Crippen molar-refractivity contribution >= 4 is 17.2 Å². The molecule has 3 heterocycles. The van der Waals surface area contributed by atoms with Gasteiger partial charge in [0.1, 0.15) is 5.75 Å². The standard InChI is InChI=1S/C20H16N4O3S/c1-26-15-7-5-13(6-8-15)20-23-18(24-27-20)16-9-10-17(28-16)19(25)22-12-14-4-2-3-11-21-14/h2-11H,12H2,1H3,(H,22,25). The van der Waals surface area contributed by atoms with Crippen LogP contribution in [0, 0.1) is 0 Å². The number of amides is 1. The zero-order chi connectivity index (χ0) is 19.3. The van der Waals surface area contributed by atoms with E-state index in [2.05, 4.69) is 20.4 Å². The number of thiophene rings is 1. The van der Waals surface area contributed by atoms with E-state index in [1.165, 1.54) is 11.3 Å². The zero-order valence-electron chi connectivity index (χ0n) is 15.0. The molecule has 28 heavy (non-hydrogen) atoms. The van der Waals surface area contributed by atoms with Crippen LogP contribution in [0.2, 0.25) is 0 Å². The predicted molar refractivity (Wildman–Crippen MR) is 105 cm³/mol. The number of rotatable bonds is 6. The number of nitrogens with one attached hydrogen (secondary N) is 1. The highest BCUT2D eigenvalue weighted by Gasteiger charge is 2.15. The number of ether oxygens (including phenoxy) is 1. The molecule has 0 saturated carbocycles. The van der Waals surface area contributed by atoms with Crippen molar-refractivity contribution < 1.29 is 14.1 Å². The average Bonchev–Trinajstić information content (AvgIpc) is 3.42. The Morgan fingerprint density at radius 2 is 2.00 bits per heavy atom. The van der Waals surface area contributed by atoms with Gasteiger partial charge < -0.3 is 14.6 Å². The highest BCUT2D eigenvalue weighted by Crippen LogP contribution is 2.28. The molecule has 8 heteroatoms. The van der Waals surface area contributed by atoms with Gasteiger partial charge in [-0.3, -0.25) is 9.78 Å². The van der Waals surface area contributed by atoms with Gasteiger partial charge >= 0.3 is 0 Å². The average molecular weight is 392 g/mol. The largest absolute Gasteiger partial charge is 0.497 e. The molecule has 1 amide bonds. The fourth-order valence-electron chi connectivity index (χ4n) is 2.52. The summed E-state index contributed by atoms with van der Waals surface area (Å²) in [5.41, 5.74) is 1.60. The number of hydrogen-bond acceptors (Lipinski definition) is 7. The Bertz CT molecular complexity index is 1070. The van der Waals surface area contributed by atoms with E-state index >= 15 is 0 Å².